The molecule has 0 radical (unpaired) electrons. The molecule has 1 saturated heterocycles. The van der Waals surface area contributed by atoms with Crippen molar-refractivity contribution in [1.82, 2.24) is 4.90 Å². The molecule has 3 nitrogen and oxygen atoms in total. The highest BCUT2D eigenvalue weighted by Gasteiger charge is 2.49. The Hall–Kier alpha value is -1.35. The summed E-state index contributed by atoms with van der Waals surface area (Å²) in [4.78, 5) is 14.3. The molecule has 0 bridgehead atoms. The van der Waals surface area contributed by atoms with E-state index in [1.54, 1.807) is 0 Å². The molecule has 3 heteroatoms. The lowest BCUT2D eigenvalue weighted by molar-refractivity contribution is -0.148. The van der Waals surface area contributed by atoms with Crippen molar-refractivity contribution in [2.45, 2.75) is 44.6 Å². The summed E-state index contributed by atoms with van der Waals surface area (Å²) in [7, 11) is 2.07. The van der Waals surface area contributed by atoms with Gasteiger partial charge < -0.3 is 10.0 Å². The van der Waals surface area contributed by atoms with Gasteiger partial charge >= 0.3 is 5.97 Å². The summed E-state index contributed by atoms with van der Waals surface area (Å²) in [6.07, 6.45) is 1.32. The van der Waals surface area contributed by atoms with Crippen molar-refractivity contribution in [2.24, 2.45) is 0 Å². The van der Waals surface area contributed by atoms with Crippen LogP contribution in [0.15, 0.2) is 24.3 Å². The lowest BCUT2D eigenvalue weighted by Gasteiger charge is -2.48. The van der Waals surface area contributed by atoms with Crippen LogP contribution in [0.25, 0.3) is 0 Å². The van der Waals surface area contributed by atoms with E-state index in [1.165, 1.54) is 0 Å². The van der Waals surface area contributed by atoms with Crippen LogP contribution in [0.5, 0.6) is 0 Å². The van der Waals surface area contributed by atoms with Crippen molar-refractivity contribution < 1.29 is 9.90 Å². The normalized spacial score (nSPS) is 27.2. The number of likely N-dealkylation sites (tertiary alicyclic amines) is 1. The average molecular weight is 261 g/mol. The molecular formula is C16H23NO2. The van der Waals surface area contributed by atoms with Crippen molar-refractivity contribution in [3.8, 4) is 0 Å². The van der Waals surface area contributed by atoms with Crippen LogP contribution in [-0.2, 0) is 10.2 Å². The monoisotopic (exact) mass is 261 g/mol. The zero-order chi connectivity index (χ0) is 14.3. The first-order chi connectivity index (χ1) is 8.79. The van der Waals surface area contributed by atoms with Crippen molar-refractivity contribution >= 4 is 5.97 Å². The Bertz CT molecular complexity index is 495. The maximum atomic E-state index is 12.0. The minimum atomic E-state index is -0.749. The third kappa shape index (κ3) is 2.27. The number of carboxylic acids is 1. The number of hydrogen-bond donors (Lipinski definition) is 1. The van der Waals surface area contributed by atoms with Crippen LogP contribution < -0.4 is 0 Å². The van der Waals surface area contributed by atoms with Gasteiger partial charge in [0.05, 0.1) is 5.41 Å². The molecule has 2 rings (SSSR count). The summed E-state index contributed by atoms with van der Waals surface area (Å²) in [5.41, 5.74) is 1.20. The van der Waals surface area contributed by atoms with E-state index in [1.807, 2.05) is 31.2 Å². The highest BCUT2D eigenvalue weighted by molar-refractivity contribution is 5.82. The lowest BCUT2D eigenvalue weighted by Crippen LogP contribution is -2.56. The van der Waals surface area contributed by atoms with Crippen molar-refractivity contribution in [3.63, 3.8) is 0 Å². The Labute approximate surface area is 115 Å². The molecule has 19 heavy (non-hydrogen) atoms. The SMILES string of the molecule is Cc1ccccc1C1(C(=O)O)CCN(C)C(C)(C)C1. The van der Waals surface area contributed by atoms with Crippen molar-refractivity contribution in [1.29, 1.82) is 0 Å². The van der Waals surface area contributed by atoms with Gasteiger partial charge in [-0.15, -0.1) is 0 Å². The smallest absolute Gasteiger partial charge is 0.314 e. The second kappa shape index (κ2) is 4.64. The third-order valence-corrected chi connectivity index (χ3v) is 4.71. The van der Waals surface area contributed by atoms with E-state index in [2.05, 4.69) is 25.8 Å². The molecule has 0 saturated carbocycles. The number of aliphatic carboxylic acids is 1. The molecule has 0 aromatic heterocycles. The van der Waals surface area contributed by atoms with E-state index < -0.39 is 11.4 Å². The summed E-state index contributed by atoms with van der Waals surface area (Å²) in [6, 6.07) is 7.89. The van der Waals surface area contributed by atoms with E-state index in [4.69, 9.17) is 0 Å². The number of carbonyl (C=O) groups is 1. The molecule has 1 aromatic rings. The summed E-state index contributed by atoms with van der Waals surface area (Å²) in [5.74, 6) is -0.692. The van der Waals surface area contributed by atoms with Gasteiger partial charge in [-0.05, 0) is 58.3 Å². The molecule has 1 N–H and O–H groups in total. The quantitative estimate of drug-likeness (QED) is 0.890. The van der Waals surface area contributed by atoms with Crippen LogP contribution in [0, 0.1) is 6.92 Å². The number of rotatable bonds is 2. The largest absolute Gasteiger partial charge is 0.481 e. The van der Waals surface area contributed by atoms with E-state index >= 15 is 0 Å². The van der Waals surface area contributed by atoms with Crippen LogP contribution >= 0.6 is 0 Å². The van der Waals surface area contributed by atoms with E-state index in [-0.39, 0.29) is 5.54 Å². The molecule has 1 aliphatic heterocycles. The minimum Gasteiger partial charge on any atom is -0.481 e. The molecule has 0 amide bonds. The zero-order valence-electron chi connectivity index (χ0n) is 12.2. The molecule has 0 aliphatic carbocycles. The maximum Gasteiger partial charge on any atom is 0.314 e. The second-order valence-electron chi connectivity index (χ2n) is 6.36. The molecule has 1 fully saturated rings. The Balaban J connectivity index is 2.52. The van der Waals surface area contributed by atoms with Crippen LogP contribution in [0.3, 0.4) is 0 Å². The summed E-state index contributed by atoms with van der Waals surface area (Å²) in [6.45, 7) is 7.07. The predicted molar refractivity (Wildman–Crippen MR) is 76.4 cm³/mol. The molecule has 1 atom stereocenters. The Kier molecular flexibility index (Phi) is 3.43. The standard InChI is InChI=1S/C16H23NO2/c1-12-7-5-6-8-13(12)16(14(18)19)9-10-17(4)15(2,3)11-16/h5-8H,9-11H2,1-4H3,(H,18,19). The van der Waals surface area contributed by atoms with Crippen LogP contribution in [0.4, 0.5) is 0 Å². The molecule has 1 unspecified atom stereocenters. The van der Waals surface area contributed by atoms with Crippen molar-refractivity contribution in [3.05, 3.63) is 35.4 Å². The zero-order valence-corrected chi connectivity index (χ0v) is 12.2. The van der Waals surface area contributed by atoms with E-state index in [0.29, 0.717) is 12.8 Å². The predicted octanol–water partition coefficient (Wildman–Crippen LogP) is 2.82. The number of nitrogens with zero attached hydrogens (tertiary/aromatic N) is 1. The summed E-state index contributed by atoms with van der Waals surface area (Å²) in [5, 5.41) is 9.87. The van der Waals surface area contributed by atoms with E-state index in [0.717, 1.165) is 17.7 Å². The molecule has 1 aliphatic rings. The highest BCUT2D eigenvalue weighted by Crippen LogP contribution is 2.43. The average Bonchev–Trinajstić information content (AvgIpc) is 2.33. The van der Waals surface area contributed by atoms with Gasteiger partial charge in [-0.1, -0.05) is 24.3 Å². The van der Waals surface area contributed by atoms with Gasteiger partial charge in [0.1, 0.15) is 0 Å². The maximum absolute atomic E-state index is 12.0. The topological polar surface area (TPSA) is 40.5 Å². The first-order valence-electron chi connectivity index (χ1n) is 6.80. The van der Waals surface area contributed by atoms with Gasteiger partial charge in [0.15, 0.2) is 0 Å². The molecule has 0 spiro atoms. The van der Waals surface area contributed by atoms with E-state index in [9.17, 15) is 9.90 Å². The van der Waals surface area contributed by atoms with Gasteiger partial charge in [0.2, 0.25) is 0 Å². The number of piperidine rings is 1. The fourth-order valence-electron chi connectivity index (χ4n) is 3.26. The van der Waals surface area contributed by atoms with Crippen molar-refractivity contribution in [2.75, 3.05) is 13.6 Å². The lowest BCUT2D eigenvalue weighted by atomic mass is 9.66. The van der Waals surface area contributed by atoms with Gasteiger partial charge in [-0.25, -0.2) is 0 Å². The van der Waals surface area contributed by atoms with Gasteiger partial charge in [0, 0.05) is 5.54 Å². The van der Waals surface area contributed by atoms with Crippen LogP contribution in [0.2, 0.25) is 0 Å². The fourth-order valence-corrected chi connectivity index (χ4v) is 3.26. The molecule has 1 heterocycles. The first kappa shape index (κ1) is 14.1. The second-order valence-corrected chi connectivity index (χ2v) is 6.36. The van der Waals surface area contributed by atoms with Gasteiger partial charge in [-0.2, -0.15) is 0 Å². The summed E-state index contributed by atoms with van der Waals surface area (Å²) >= 11 is 0. The van der Waals surface area contributed by atoms with Crippen LogP contribution in [-0.4, -0.2) is 35.1 Å². The fraction of sp³-hybridized carbons (Fsp3) is 0.562. The number of carboxylic acid groups (broad SMARTS) is 1. The number of aryl methyl sites for hydroxylation is 1. The third-order valence-electron chi connectivity index (χ3n) is 4.71. The molecular weight excluding hydrogens is 238 g/mol. The van der Waals surface area contributed by atoms with Crippen LogP contribution in [0.1, 0.15) is 37.8 Å². The van der Waals surface area contributed by atoms with Gasteiger partial charge in [-0.3, -0.25) is 4.79 Å². The molecule has 104 valence electrons. The summed E-state index contributed by atoms with van der Waals surface area (Å²) < 4.78 is 0. The highest BCUT2D eigenvalue weighted by atomic mass is 16.4. The molecule has 1 aromatic carbocycles. The minimum absolute atomic E-state index is 0.0983. The van der Waals surface area contributed by atoms with Gasteiger partial charge in [0.25, 0.3) is 0 Å². The number of hydrogen-bond acceptors (Lipinski definition) is 2. The first-order valence-corrected chi connectivity index (χ1v) is 6.80. The Morgan fingerprint density at radius 1 is 1.32 bits per heavy atom. The number of benzene rings is 1. The Morgan fingerprint density at radius 3 is 2.47 bits per heavy atom. The Morgan fingerprint density at radius 2 is 1.95 bits per heavy atom.